The second-order valence-corrected chi connectivity index (χ2v) is 6.84. The maximum atomic E-state index is 12.1. The average Bonchev–Trinajstić information content (AvgIpc) is 2.99. The summed E-state index contributed by atoms with van der Waals surface area (Å²) in [5.74, 6) is 1.58. The lowest BCUT2D eigenvalue weighted by molar-refractivity contribution is -0.113. The number of rotatable bonds is 7. The molecule has 0 unspecified atom stereocenters. The molecule has 0 radical (unpaired) electrons. The Morgan fingerprint density at radius 1 is 1.22 bits per heavy atom. The third-order valence-electron chi connectivity index (χ3n) is 3.84. The number of hydrogen-bond donors (Lipinski definition) is 2. The molecule has 0 aliphatic rings. The van der Waals surface area contributed by atoms with E-state index in [0.717, 1.165) is 11.3 Å². The van der Waals surface area contributed by atoms with Gasteiger partial charge in [-0.3, -0.25) is 4.79 Å². The Morgan fingerprint density at radius 3 is 2.81 bits per heavy atom. The molecule has 0 fully saturated rings. The summed E-state index contributed by atoms with van der Waals surface area (Å²) in [6.07, 6.45) is 0. The van der Waals surface area contributed by atoms with Crippen LogP contribution in [-0.4, -0.2) is 31.5 Å². The molecule has 0 atom stereocenters. The third-order valence-corrected chi connectivity index (χ3v) is 4.86. The fraction of sp³-hybridized carbons (Fsp3) is 0.211. The molecule has 0 saturated carbocycles. The largest absolute Gasteiger partial charge is 0.508 e. The molecule has 0 bridgehead atoms. The maximum Gasteiger partial charge on any atom is 0.234 e. The SMILES string of the molecule is Cc1ccccc1OCc1nnc(SCC(=O)Nc2cccc(O)c2)n1C. The minimum atomic E-state index is -0.189. The highest BCUT2D eigenvalue weighted by Crippen LogP contribution is 2.20. The van der Waals surface area contributed by atoms with Gasteiger partial charge >= 0.3 is 0 Å². The number of phenolic OH excluding ortho intramolecular Hbond substituents is 1. The normalized spacial score (nSPS) is 10.6. The zero-order chi connectivity index (χ0) is 19.2. The van der Waals surface area contributed by atoms with Crippen LogP contribution in [0.5, 0.6) is 11.5 Å². The number of phenols is 1. The van der Waals surface area contributed by atoms with Crippen molar-refractivity contribution >= 4 is 23.4 Å². The summed E-state index contributed by atoms with van der Waals surface area (Å²) >= 11 is 1.28. The summed E-state index contributed by atoms with van der Waals surface area (Å²) in [7, 11) is 1.84. The van der Waals surface area contributed by atoms with Crippen molar-refractivity contribution in [3.05, 3.63) is 59.9 Å². The van der Waals surface area contributed by atoms with Gasteiger partial charge in [-0.1, -0.05) is 36.0 Å². The lowest BCUT2D eigenvalue weighted by atomic mass is 10.2. The molecule has 1 heterocycles. The summed E-state index contributed by atoms with van der Waals surface area (Å²) in [6, 6.07) is 14.2. The van der Waals surface area contributed by atoms with Crippen LogP contribution in [0.25, 0.3) is 0 Å². The van der Waals surface area contributed by atoms with Gasteiger partial charge in [0.1, 0.15) is 18.1 Å². The van der Waals surface area contributed by atoms with E-state index in [2.05, 4.69) is 15.5 Å². The van der Waals surface area contributed by atoms with Crippen molar-refractivity contribution in [2.75, 3.05) is 11.1 Å². The molecule has 8 heteroatoms. The number of carbonyl (C=O) groups is 1. The molecule has 1 aromatic heterocycles. The number of amides is 1. The zero-order valence-electron chi connectivity index (χ0n) is 15.0. The van der Waals surface area contributed by atoms with Gasteiger partial charge in [0.15, 0.2) is 11.0 Å². The van der Waals surface area contributed by atoms with Gasteiger partial charge in [0.2, 0.25) is 5.91 Å². The number of aryl methyl sites for hydroxylation is 1. The number of nitrogens with zero attached hydrogens (tertiary/aromatic N) is 3. The first-order chi connectivity index (χ1) is 13.0. The first-order valence-electron chi connectivity index (χ1n) is 8.31. The molecule has 1 amide bonds. The van der Waals surface area contributed by atoms with E-state index in [1.807, 2.05) is 42.8 Å². The van der Waals surface area contributed by atoms with Crippen molar-refractivity contribution in [3.8, 4) is 11.5 Å². The molecule has 2 aromatic carbocycles. The number of aromatic nitrogens is 3. The number of nitrogens with one attached hydrogen (secondary N) is 1. The quantitative estimate of drug-likeness (QED) is 0.609. The Labute approximate surface area is 161 Å². The van der Waals surface area contributed by atoms with Gasteiger partial charge in [-0.2, -0.15) is 0 Å². The lowest BCUT2D eigenvalue weighted by Gasteiger charge is -2.09. The molecule has 140 valence electrons. The number of anilines is 1. The van der Waals surface area contributed by atoms with Gasteiger partial charge in [-0.15, -0.1) is 10.2 Å². The second kappa shape index (κ2) is 8.59. The number of hydrogen-bond acceptors (Lipinski definition) is 6. The number of aromatic hydroxyl groups is 1. The summed E-state index contributed by atoms with van der Waals surface area (Å²) in [6.45, 7) is 2.28. The molecular weight excluding hydrogens is 364 g/mol. The molecule has 2 N–H and O–H groups in total. The Bertz CT molecular complexity index is 942. The average molecular weight is 384 g/mol. The molecule has 0 aliphatic carbocycles. The minimum absolute atomic E-state index is 0.104. The van der Waals surface area contributed by atoms with Crippen molar-refractivity contribution in [2.45, 2.75) is 18.7 Å². The van der Waals surface area contributed by atoms with E-state index in [0.29, 0.717) is 23.3 Å². The lowest BCUT2D eigenvalue weighted by Crippen LogP contribution is -2.14. The Morgan fingerprint density at radius 2 is 2.04 bits per heavy atom. The van der Waals surface area contributed by atoms with Crippen molar-refractivity contribution in [1.82, 2.24) is 14.8 Å². The standard InChI is InChI=1S/C19H20N4O3S/c1-13-6-3-4-9-16(13)26-11-17-21-22-19(23(17)2)27-12-18(25)20-14-7-5-8-15(24)10-14/h3-10,24H,11-12H2,1-2H3,(H,20,25). The van der Waals surface area contributed by atoms with Crippen LogP contribution in [0, 0.1) is 6.92 Å². The van der Waals surface area contributed by atoms with Crippen LogP contribution in [0.1, 0.15) is 11.4 Å². The fourth-order valence-corrected chi connectivity index (χ4v) is 3.10. The predicted molar refractivity (Wildman–Crippen MR) is 104 cm³/mol. The summed E-state index contributed by atoms with van der Waals surface area (Å²) in [5.41, 5.74) is 1.60. The number of ether oxygens (including phenoxy) is 1. The number of para-hydroxylation sites is 1. The maximum absolute atomic E-state index is 12.1. The van der Waals surface area contributed by atoms with Crippen molar-refractivity contribution in [1.29, 1.82) is 0 Å². The molecular formula is C19H20N4O3S. The van der Waals surface area contributed by atoms with Crippen LogP contribution in [-0.2, 0) is 18.4 Å². The van der Waals surface area contributed by atoms with Crippen LogP contribution in [0.2, 0.25) is 0 Å². The Balaban J connectivity index is 1.54. The van der Waals surface area contributed by atoms with Crippen molar-refractivity contribution in [2.24, 2.45) is 7.05 Å². The summed E-state index contributed by atoms with van der Waals surface area (Å²) in [5, 5.41) is 21.0. The van der Waals surface area contributed by atoms with Crippen LogP contribution in [0.15, 0.2) is 53.7 Å². The third kappa shape index (κ3) is 5.01. The van der Waals surface area contributed by atoms with Crippen LogP contribution < -0.4 is 10.1 Å². The minimum Gasteiger partial charge on any atom is -0.508 e. The first kappa shape index (κ1) is 18.8. The monoisotopic (exact) mass is 384 g/mol. The van der Waals surface area contributed by atoms with E-state index in [4.69, 9.17) is 4.74 Å². The zero-order valence-corrected chi connectivity index (χ0v) is 15.9. The van der Waals surface area contributed by atoms with Crippen LogP contribution >= 0.6 is 11.8 Å². The highest BCUT2D eigenvalue weighted by atomic mass is 32.2. The predicted octanol–water partition coefficient (Wildman–Crippen LogP) is 3.14. The first-order valence-corrected chi connectivity index (χ1v) is 9.30. The topological polar surface area (TPSA) is 89.3 Å². The number of thioether (sulfide) groups is 1. The highest BCUT2D eigenvalue weighted by molar-refractivity contribution is 7.99. The van der Waals surface area contributed by atoms with Gasteiger partial charge in [0.05, 0.1) is 5.75 Å². The second-order valence-electron chi connectivity index (χ2n) is 5.90. The molecule has 3 aromatic rings. The van der Waals surface area contributed by atoms with Gasteiger partial charge in [-0.05, 0) is 30.7 Å². The molecule has 0 saturated heterocycles. The number of carbonyl (C=O) groups excluding carboxylic acids is 1. The number of benzene rings is 2. The molecule has 7 nitrogen and oxygen atoms in total. The molecule has 0 aliphatic heterocycles. The van der Waals surface area contributed by atoms with Gasteiger partial charge in [0.25, 0.3) is 0 Å². The smallest absolute Gasteiger partial charge is 0.234 e. The van der Waals surface area contributed by atoms with E-state index >= 15 is 0 Å². The molecule has 27 heavy (non-hydrogen) atoms. The fourth-order valence-electron chi connectivity index (χ4n) is 2.37. The van der Waals surface area contributed by atoms with E-state index in [9.17, 15) is 9.90 Å². The van der Waals surface area contributed by atoms with Gasteiger partial charge in [-0.25, -0.2) is 0 Å². The van der Waals surface area contributed by atoms with Crippen molar-refractivity contribution in [3.63, 3.8) is 0 Å². The van der Waals surface area contributed by atoms with E-state index < -0.39 is 0 Å². The van der Waals surface area contributed by atoms with Gasteiger partial charge < -0.3 is 19.7 Å². The highest BCUT2D eigenvalue weighted by Gasteiger charge is 2.12. The molecule has 3 rings (SSSR count). The van der Waals surface area contributed by atoms with E-state index in [1.54, 1.807) is 18.2 Å². The van der Waals surface area contributed by atoms with Crippen LogP contribution in [0.4, 0.5) is 5.69 Å². The van der Waals surface area contributed by atoms with Crippen molar-refractivity contribution < 1.29 is 14.6 Å². The summed E-state index contributed by atoms with van der Waals surface area (Å²) < 4.78 is 7.61. The van der Waals surface area contributed by atoms with E-state index in [1.165, 1.54) is 17.8 Å². The van der Waals surface area contributed by atoms with Crippen LogP contribution in [0.3, 0.4) is 0 Å². The van der Waals surface area contributed by atoms with Gasteiger partial charge in [0, 0.05) is 18.8 Å². The summed E-state index contributed by atoms with van der Waals surface area (Å²) in [4.78, 5) is 12.1. The Hall–Kier alpha value is -3.00. The Kier molecular flexibility index (Phi) is 5.97. The molecule has 0 spiro atoms. The van der Waals surface area contributed by atoms with E-state index in [-0.39, 0.29) is 17.4 Å².